The fraction of sp³-hybridized carbons (Fsp3) is 0.364. The number of amides is 2. The van der Waals surface area contributed by atoms with Crippen LogP contribution in [0.2, 0.25) is 0 Å². The van der Waals surface area contributed by atoms with E-state index in [0.717, 1.165) is 17.9 Å². The van der Waals surface area contributed by atoms with Gasteiger partial charge in [0, 0.05) is 11.8 Å². The van der Waals surface area contributed by atoms with E-state index in [9.17, 15) is 9.59 Å². The Hall–Kier alpha value is -3.02. The van der Waals surface area contributed by atoms with Crippen molar-refractivity contribution >= 4 is 23.2 Å². The van der Waals surface area contributed by atoms with Crippen LogP contribution in [0.3, 0.4) is 0 Å². The summed E-state index contributed by atoms with van der Waals surface area (Å²) in [6, 6.07) is 14.2. The maximum Gasteiger partial charge on any atom is 0.250 e. The number of nitrogens with one attached hydrogen (secondary N) is 2. The van der Waals surface area contributed by atoms with Crippen molar-refractivity contribution in [1.82, 2.24) is 0 Å². The van der Waals surface area contributed by atoms with Gasteiger partial charge in [-0.2, -0.15) is 0 Å². The topological polar surface area (TPSA) is 93.4 Å². The maximum atomic E-state index is 12.2. The van der Waals surface area contributed by atoms with Crippen molar-refractivity contribution in [3.63, 3.8) is 0 Å². The van der Waals surface area contributed by atoms with Gasteiger partial charge in [0.2, 0.25) is 5.91 Å². The Kier molecular flexibility index (Phi) is 8.85. The normalized spacial score (nSPS) is 10.3. The van der Waals surface area contributed by atoms with Gasteiger partial charge in [0.15, 0.2) is 0 Å². The number of hydrogen-bond acceptors (Lipinski definition) is 4. The lowest BCUT2D eigenvalue weighted by molar-refractivity contribution is -0.114. The second-order valence-corrected chi connectivity index (χ2v) is 6.60. The number of carbonyl (C=O) groups excluding carboxylic acids is 2. The Labute approximate surface area is 166 Å². The van der Waals surface area contributed by atoms with Gasteiger partial charge >= 0.3 is 0 Å². The van der Waals surface area contributed by atoms with E-state index in [0.29, 0.717) is 12.3 Å². The van der Waals surface area contributed by atoms with Crippen molar-refractivity contribution in [2.75, 3.05) is 23.8 Å². The summed E-state index contributed by atoms with van der Waals surface area (Å²) in [5.74, 6) is -0.0701. The first kappa shape index (κ1) is 21.3. The molecule has 0 unspecified atom stereocenters. The lowest BCUT2D eigenvalue weighted by atomic mass is 10.1. The molecule has 150 valence electrons. The van der Waals surface area contributed by atoms with Gasteiger partial charge < -0.3 is 21.1 Å². The molecule has 2 amide bonds. The number of unbranched alkanes of at least 4 members (excludes halogenated alkanes) is 4. The third-order valence-corrected chi connectivity index (χ3v) is 4.27. The Balaban J connectivity index is 1.79. The van der Waals surface area contributed by atoms with Crippen LogP contribution in [0.4, 0.5) is 11.4 Å². The quantitative estimate of drug-likeness (QED) is 0.479. The highest BCUT2D eigenvalue weighted by Crippen LogP contribution is 2.18. The Morgan fingerprint density at radius 2 is 1.79 bits per heavy atom. The summed E-state index contributed by atoms with van der Waals surface area (Å²) in [5.41, 5.74) is 6.81. The number of nitrogens with two attached hydrogens (primary N) is 1. The second kappa shape index (κ2) is 11.6. The molecule has 0 spiro atoms. The first-order chi connectivity index (χ1) is 13.6. The molecule has 6 nitrogen and oxygen atoms in total. The average Bonchev–Trinajstić information content (AvgIpc) is 2.69. The summed E-state index contributed by atoms with van der Waals surface area (Å²) in [7, 11) is 0. The van der Waals surface area contributed by atoms with Crippen LogP contribution in [-0.2, 0) is 4.79 Å². The molecule has 0 fully saturated rings. The average molecular weight is 383 g/mol. The van der Waals surface area contributed by atoms with E-state index in [1.54, 1.807) is 24.3 Å². The minimum Gasteiger partial charge on any atom is -0.494 e. The zero-order valence-corrected chi connectivity index (χ0v) is 16.4. The molecule has 0 heterocycles. The van der Waals surface area contributed by atoms with E-state index < -0.39 is 5.91 Å². The molecule has 2 rings (SSSR count). The molecule has 0 bridgehead atoms. The van der Waals surface area contributed by atoms with Crippen molar-refractivity contribution in [3.05, 3.63) is 54.1 Å². The van der Waals surface area contributed by atoms with Gasteiger partial charge in [0.05, 0.1) is 24.4 Å². The number of benzene rings is 2. The zero-order chi connectivity index (χ0) is 20.2. The van der Waals surface area contributed by atoms with E-state index in [1.165, 1.54) is 25.7 Å². The fourth-order valence-corrected chi connectivity index (χ4v) is 2.78. The van der Waals surface area contributed by atoms with E-state index in [-0.39, 0.29) is 18.0 Å². The van der Waals surface area contributed by atoms with Gasteiger partial charge in [-0.15, -0.1) is 0 Å². The van der Waals surface area contributed by atoms with Gasteiger partial charge in [-0.1, -0.05) is 50.8 Å². The van der Waals surface area contributed by atoms with Crippen LogP contribution >= 0.6 is 0 Å². The lowest BCUT2D eigenvalue weighted by Gasteiger charge is -2.11. The number of primary amides is 1. The molecule has 0 aliphatic carbocycles. The molecule has 0 aromatic heterocycles. The van der Waals surface area contributed by atoms with E-state index in [1.807, 2.05) is 24.3 Å². The van der Waals surface area contributed by atoms with Crippen molar-refractivity contribution < 1.29 is 14.3 Å². The van der Waals surface area contributed by atoms with Crippen LogP contribution in [-0.4, -0.2) is 25.0 Å². The smallest absolute Gasteiger partial charge is 0.250 e. The minimum absolute atomic E-state index is 0.0631. The summed E-state index contributed by atoms with van der Waals surface area (Å²) >= 11 is 0. The van der Waals surface area contributed by atoms with Crippen LogP contribution < -0.4 is 21.1 Å². The molecule has 0 saturated carbocycles. The number of rotatable bonds is 12. The summed E-state index contributed by atoms with van der Waals surface area (Å²) in [5, 5.41) is 5.77. The van der Waals surface area contributed by atoms with Crippen LogP contribution in [0.25, 0.3) is 0 Å². The van der Waals surface area contributed by atoms with Crippen molar-refractivity contribution in [2.24, 2.45) is 5.73 Å². The number of carbonyl (C=O) groups is 2. The molecule has 2 aromatic carbocycles. The molecule has 0 saturated heterocycles. The standard InChI is InChI=1S/C22H29N3O3/c1-2-3-4-5-8-14-28-18-11-9-10-17(15-18)24-16-21(26)25-20-13-7-6-12-19(20)22(23)27/h6-7,9-13,15,24H,2-5,8,14,16H2,1H3,(H2,23,27)(H,25,26). The molecule has 0 atom stereocenters. The summed E-state index contributed by atoms with van der Waals surface area (Å²) in [4.78, 5) is 23.6. The van der Waals surface area contributed by atoms with Crippen LogP contribution in [0.15, 0.2) is 48.5 Å². The van der Waals surface area contributed by atoms with Crippen LogP contribution in [0.5, 0.6) is 5.75 Å². The fourth-order valence-electron chi connectivity index (χ4n) is 2.78. The second-order valence-electron chi connectivity index (χ2n) is 6.60. The largest absolute Gasteiger partial charge is 0.494 e. The van der Waals surface area contributed by atoms with Crippen LogP contribution in [0, 0.1) is 0 Å². The third kappa shape index (κ3) is 7.31. The highest BCUT2D eigenvalue weighted by atomic mass is 16.5. The van der Waals surface area contributed by atoms with Gasteiger partial charge in [-0.25, -0.2) is 0 Å². The Morgan fingerprint density at radius 1 is 1.00 bits per heavy atom. The predicted molar refractivity (Wildman–Crippen MR) is 113 cm³/mol. The molecule has 0 aliphatic rings. The number of ether oxygens (including phenoxy) is 1. The number of para-hydroxylation sites is 1. The van der Waals surface area contributed by atoms with E-state index >= 15 is 0 Å². The zero-order valence-electron chi connectivity index (χ0n) is 16.4. The lowest BCUT2D eigenvalue weighted by Crippen LogP contribution is -2.24. The third-order valence-electron chi connectivity index (χ3n) is 4.27. The van der Waals surface area contributed by atoms with Gasteiger partial charge in [0.25, 0.3) is 5.91 Å². The molecule has 4 N–H and O–H groups in total. The first-order valence-corrected chi connectivity index (χ1v) is 9.75. The van der Waals surface area contributed by atoms with E-state index in [4.69, 9.17) is 10.5 Å². The van der Waals surface area contributed by atoms with Crippen molar-refractivity contribution in [3.8, 4) is 5.75 Å². The predicted octanol–water partition coefficient (Wildman–Crippen LogP) is 4.19. The number of hydrogen-bond donors (Lipinski definition) is 3. The summed E-state index contributed by atoms with van der Waals surface area (Å²) in [6.45, 7) is 2.96. The Morgan fingerprint density at radius 3 is 2.57 bits per heavy atom. The van der Waals surface area contributed by atoms with Gasteiger partial charge in [-0.05, 0) is 30.7 Å². The molecular formula is C22H29N3O3. The maximum absolute atomic E-state index is 12.2. The molecular weight excluding hydrogens is 354 g/mol. The summed E-state index contributed by atoms with van der Waals surface area (Å²) in [6.07, 6.45) is 5.97. The van der Waals surface area contributed by atoms with Crippen LogP contribution in [0.1, 0.15) is 49.4 Å². The SMILES string of the molecule is CCCCCCCOc1cccc(NCC(=O)Nc2ccccc2C(N)=O)c1. The minimum atomic E-state index is -0.580. The number of anilines is 2. The summed E-state index contributed by atoms with van der Waals surface area (Å²) < 4.78 is 5.78. The highest BCUT2D eigenvalue weighted by Gasteiger charge is 2.10. The van der Waals surface area contributed by atoms with E-state index in [2.05, 4.69) is 17.6 Å². The monoisotopic (exact) mass is 383 g/mol. The van der Waals surface area contributed by atoms with Gasteiger partial charge in [-0.3, -0.25) is 9.59 Å². The van der Waals surface area contributed by atoms with Crippen molar-refractivity contribution in [2.45, 2.75) is 39.0 Å². The molecule has 6 heteroatoms. The molecule has 0 radical (unpaired) electrons. The Bertz CT molecular complexity index is 777. The highest BCUT2D eigenvalue weighted by molar-refractivity contribution is 6.03. The van der Waals surface area contributed by atoms with Gasteiger partial charge in [0.1, 0.15) is 5.75 Å². The van der Waals surface area contributed by atoms with Crippen molar-refractivity contribution in [1.29, 1.82) is 0 Å². The first-order valence-electron chi connectivity index (χ1n) is 9.75. The molecule has 2 aromatic rings. The molecule has 0 aliphatic heterocycles. The molecule has 28 heavy (non-hydrogen) atoms.